The van der Waals surface area contributed by atoms with Crippen LogP contribution >= 0.6 is 0 Å². The molecule has 0 radical (unpaired) electrons. The van der Waals surface area contributed by atoms with Crippen molar-refractivity contribution in [1.82, 2.24) is 0 Å². The maximum absolute atomic E-state index is 12.2. The Bertz CT molecular complexity index is 381. The molecule has 8 nitrogen and oxygen atoms in total. The van der Waals surface area contributed by atoms with Crippen molar-refractivity contribution in [3.8, 4) is 0 Å². The zero-order valence-electron chi connectivity index (χ0n) is 16.2. The van der Waals surface area contributed by atoms with Crippen LogP contribution < -0.4 is 0 Å². The lowest BCUT2D eigenvalue weighted by atomic mass is 10.3. The van der Waals surface area contributed by atoms with Crippen molar-refractivity contribution in [1.29, 1.82) is 0 Å². The summed E-state index contributed by atoms with van der Waals surface area (Å²) in [5.41, 5.74) is 0.165. The van der Waals surface area contributed by atoms with E-state index in [-0.39, 0.29) is 45.2 Å². The molecular weight excluding hydrogens is 332 g/mol. The minimum Gasteiger partial charge on any atom is -0.398 e. The van der Waals surface area contributed by atoms with Gasteiger partial charge in [0, 0.05) is 32.5 Å². The Labute approximate surface area is 150 Å². The maximum Gasteiger partial charge on any atom is 0.417 e. The van der Waals surface area contributed by atoms with E-state index >= 15 is 0 Å². The molecule has 0 saturated carbocycles. The summed E-state index contributed by atoms with van der Waals surface area (Å²) in [7, 11) is 1.52. The fourth-order valence-electron chi connectivity index (χ4n) is 1.96. The molecule has 148 valence electrons. The molecule has 1 atom stereocenters. The second kappa shape index (κ2) is 12.3. The van der Waals surface area contributed by atoms with Gasteiger partial charge in [-0.2, -0.15) is 0 Å². The topological polar surface area (TPSA) is 81.7 Å². The van der Waals surface area contributed by atoms with E-state index in [9.17, 15) is 4.79 Å². The molecule has 0 bridgehead atoms. The van der Waals surface area contributed by atoms with E-state index < -0.39 is 17.9 Å². The van der Waals surface area contributed by atoms with E-state index in [1.807, 2.05) is 0 Å². The van der Waals surface area contributed by atoms with Gasteiger partial charge in [-0.3, -0.25) is 0 Å². The Kier molecular flexibility index (Phi) is 11.8. The zero-order chi connectivity index (χ0) is 19.3. The third-order valence-electron chi connectivity index (χ3n) is 2.87. The minimum absolute atomic E-state index is 0.0505. The van der Waals surface area contributed by atoms with Crippen LogP contribution in [0.1, 0.15) is 34.6 Å². The molecule has 0 aromatic rings. The average molecular weight is 364 g/mol. The van der Waals surface area contributed by atoms with E-state index in [0.29, 0.717) is 0 Å². The van der Waals surface area contributed by atoms with Gasteiger partial charge in [0.25, 0.3) is 0 Å². The molecule has 0 fully saturated rings. The van der Waals surface area contributed by atoms with Crippen LogP contribution in [0.25, 0.3) is 0 Å². The standard InChI is InChI=1S/C17H32O8/c1-8-20-16(21-9-2,22-10-3)17(23-11-4,24-13-12-19-7)25-15(18)14(5)6/h5,8-13H2,1-4,6-7H3. The summed E-state index contributed by atoms with van der Waals surface area (Å²) in [6.45, 7) is 13.1. The average Bonchev–Trinajstić information content (AvgIpc) is 2.55. The van der Waals surface area contributed by atoms with Crippen LogP contribution in [0.3, 0.4) is 0 Å². The number of hydrogen-bond donors (Lipinski definition) is 0. The number of carbonyl (C=O) groups excluding carboxylic acids is 1. The van der Waals surface area contributed by atoms with E-state index in [1.165, 1.54) is 14.0 Å². The first-order chi connectivity index (χ1) is 11.9. The Hall–Kier alpha value is -1.03. The SMILES string of the molecule is C=C(C)C(=O)OC(OCC)(OCCOC)C(OCC)(OCC)OCC. The van der Waals surface area contributed by atoms with Crippen molar-refractivity contribution in [2.75, 3.05) is 46.8 Å². The molecular formula is C17H32O8. The highest BCUT2D eigenvalue weighted by molar-refractivity contribution is 5.87. The van der Waals surface area contributed by atoms with Gasteiger partial charge in [-0.15, -0.1) is 0 Å². The second-order valence-corrected chi connectivity index (χ2v) is 4.86. The van der Waals surface area contributed by atoms with Gasteiger partial charge >= 0.3 is 17.9 Å². The molecule has 0 rings (SSSR count). The summed E-state index contributed by atoms with van der Waals surface area (Å²) in [5.74, 6) is -4.72. The van der Waals surface area contributed by atoms with Crippen LogP contribution in [0.5, 0.6) is 0 Å². The molecule has 25 heavy (non-hydrogen) atoms. The maximum atomic E-state index is 12.2. The second-order valence-electron chi connectivity index (χ2n) is 4.86. The normalized spacial score (nSPS) is 14.2. The summed E-state index contributed by atoms with van der Waals surface area (Å²) in [4.78, 5) is 12.2. The van der Waals surface area contributed by atoms with Gasteiger partial charge < -0.3 is 33.2 Å². The van der Waals surface area contributed by atoms with Crippen LogP contribution in [0.15, 0.2) is 12.2 Å². The fourth-order valence-corrected chi connectivity index (χ4v) is 1.96. The first-order valence-corrected chi connectivity index (χ1v) is 8.46. The lowest BCUT2D eigenvalue weighted by Crippen LogP contribution is -2.65. The third-order valence-corrected chi connectivity index (χ3v) is 2.87. The molecule has 0 saturated heterocycles. The molecule has 0 spiro atoms. The van der Waals surface area contributed by atoms with E-state index in [0.717, 1.165) is 0 Å². The number of esters is 1. The van der Waals surface area contributed by atoms with E-state index in [1.54, 1.807) is 27.7 Å². The highest BCUT2D eigenvalue weighted by Crippen LogP contribution is 2.36. The first-order valence-electron chi connectivity index (χ1n) is 8.46. The van der Waals surface area contributed by atoms with Crippen LogP contribution in [0.2, 0.25) is 0 Å². The predicted octanol–water partition coefficient (Wildman–Crippen LogP) is 2.22. The van der Waals surface area contributed by atoms with Crippen molar-refractivity contribution < 1.29 is 38.0 Å². The van der Waals surface area contributed by atoms with Crippen LogP contribution in [-0.2, 0) is 38.0 Å². The smallest absolute Gasteiger partial charge is 0.398 e. The first kappa shape index (κ1) is 24.0. The van der Waals surface area contributed by atoms with Gasteiger partial charge in [0.15, 0.2) is 0 Å². The number of methoxy groups -OCH3 is 1. The zero-order valence-corrected chi connectivity index (χ0v) is 16.2. The van der Waals surface area contributed by atoms with Gasteiger partial charge in [-0.25, -0.2) is 4.79 Å². The van der Waals surface area contributed by atoms with Gasteiger partial charge in [0.2, 0.25) is 0 Å². The minimum atomic E-state index is -2.08. The van der Waals surface area contributed by atoms with Crippen LogP contribution in [0.4, 0.5) is 0 Å². The van der Waals surface area contributed by atoms with Crippen molar-refractivity contribution >= 4 is 5.97 Å². The van der Waals surface area contributed by atoms with Crippen molar-refractivity contribution in [2.45, 2.75) is 46.6 Å². The van der Waals surface area contributed by atoms with E-state index in [2.05, 4.69) is 6.58 Å². The molecule has 0 N–H and O–H groups in total. The molecule has 0 heterocycles. The van der Waals surface area contributed by atoms with Gasteiger partial charge in [0.1, 0.15) is 0 Å². The summed E-state index contributed by atoms with van der Waals surface area (Å²) >= 11 is 0. The Balaban J connectivity index is 6.06. The van der Waals surface area contributed by atoms with Crippen molar-refractivity contribution in [2.24, 2.45) is 0 Å². The van der Waals surface area contributed by atoms with E-state index in [4.69, 9.17) is 33.2 Å². The predicted molar refractivity (Wildman–Crippen MR) is 90.7 cm³/mol. The highest BCUT2D eigenvalue weighted by Gasteiger charge is 2.63. The number of hydrogen-bond acceptors (Lipinski definition) is 8. The number of carbonyl (C=O) groups is 1. The summed E-state index contributed by atoms with van der Waals surface area (Å²) in [6.07, 6.45) is 0. The molecule has 0 aliphatic heterocycles. The summed E-state index contributed by atoms with van der Waals surface area (Å²) < 4.78 is 39.0. The highest BCUT2D eigenvalue weighted by atomic mass is 17.0. The van der Waals surface area contributed by atoms with Gasteiger partial charge in [-0.05, 0) is 34.6 Å². The molecule has 0 aromatic heterocycles. The molecule has 0 aliphatic rings. The Morgan fingerprint density at radius 1 is 0.800 bits per heavy atom. The van der Waals surface area contributed by atoms with Gasteiger partial charge in [-0.1, -0.05) is 6.58 Å². The van der Waals surface area contributed by atoms with Crippen LogP contribution in [-0.4, -0.2) is 64.7 Å². The summed E-state index contributed by atoms with van der Waals surface area (Å²) in [5, 5.41) is 0. The summed E-state index contributed by atoms with van der Waals surface area (Å²) in [6, 6.07) is 0. The van der Waals surface area contributed by atoms with Gasteiger partial charge in [0.05, 0.1) is 19.8 Å². The molecule has 0 aromatic carbocycles. The molecule has 8 heteroatoms. The molecule has 0 aliphatic carbocycles. The molecule has 1 unspecified atom stereocenters. The lowest BCUT2D eigenvalue weighted by Gasteiger charge is -2.44. The Morgan fingerprint density at radius 3 is 1.60 bits per heavy atom. The Morgan fingerprint density at radius 2 is 1.24 bits per heavy atom. The largest absolute Gasteiger partial charge is 0.417 e. The fraction of sp³-hybridized carbons (Fsp3) is 0.824. The third kappa shape index (κ3) is 6.65. The quantitative estimate of drug-likeness (QED) is 0.189. The lowest BCUT2D eigenvalue weighted by molar-refractivity contribution is -0.549. The van der Waals surface area contributed by atoms with Crippen molar-refractivity contribution in [3.05, 3.63) is 12.2 Å². The number of ether oxygens (including phenoxy) is 7. The van der Waals surface area contributed by atoms with Crippen LogP contribution in [0, 0.1) is 0 Å². The monoisotopic (exact) mass is 364 g/mol. The number of rotatable bonds is 15. The van der Waals surface area contributed by atoms with Crippen molar-refractivity contribution in [3.63, 3.8) is 0 Å². The molecule has 0 amide bonds.